The lowest BCUT2D eigenvalue weighted by atomic mass is 10.2. The molecular weight excluding hydrogens is 308 g/mol. The van der Waals surface area contributed by atoms with Crippen molar-refractivity contribution in [2.45, 2.75) is 6.92 Å². The van der Waals surface area contributed by atoms with E-state index in [1.54, 1.807) is 14.2 Å². The summed E-state index contributed by atoms with van der Waals surface area (Å²) in [7, 11) is 3.23. The number of hydrogen-bond donors (Lipinski definition) is 1. The highest BCUT2D eigenvalue weighted by Gasteiger charge is 2.07. The first-order valence-electron chi connectivity index (χ1n) is 5.75. The molecule has 5 heteroatoms. The molecule has 0 radical (unpaired) electrons. The van der Waals surface area contributed by atoms with Crippen molar-refractivity contribution in [1.29, 1.82) is 0 Å². The number of aryl methyl sites for hydroxylation is 1. The van der Waals surface area contributed by atoms with Crippen LogP contribution in [0.3, 0.4) is 0 Å². The van der Waals surface area contributed by atoms with Crippen molar-refractivity contribution in [2.75, 3.05) is 19.5 Å². The van der Waals surface area contributed by atoms with Crippen molar-refractivity contribution in [3.05, 3.63) is 40.5 Å². The molecule has 4 nitrogen and oxygen atoms in total. The van der Waals surface area contributed by atoms with Gasteiger partial charge in [0.1, 0.15) is 5.82 Å². The van der Waals surface area contributed by atoms with E-state index in [0.29, 0.717) is 11.5 Å². The molecule has 0 saturated heterocycles. The van der Waals surface area contributed by atoms with E-state index < -0.39 is 0 Å². The van der Waals surface area contributed by atoms with Gasteiger partial charge in [-0.25, -0.2) is 4.98 Å². The van der Waals surface area contributed by atoms with Gasteiger partial charge in [-0.15, -0.1) is 0 Å². The highest BCUT2D eigenvalue weighted by molar-refractivity contribution is 9.10. The van der Waals surface area contributed by atoms with E-state index in [1.807, 2.05) is 37.4 Å². The molecule has 0 aliphatic carbocycles. The molecule has 1 aromatic heterocycles. The maximum absolute atomic E-state index is 5.27. The predicted octanol–water partition coefficient (Wildman–Crippen LogP) is 3.91. The zero-order chi connectivity index (χ0) is 13.8. The lowest BCUT2D eigenvalue weighted by Gasteiger charge is -2.12. The smallest absolute Gasteiger partial charge is 0.162 e. The van der Waals surface area contributed by atoms with Crippen molar-refractivity contribution in [1.82, 2.24) is 4.98 Å². The minimum atomic E-state index is 0.677. The van der Waals surface area contributed by atoms with Crippen molar-refractivity contribution in [2.24, 2.45) is 0 Å². The van der Waals surface area contributed by atoms with Crippen LogP contribution in [-0.4, -0.2) is 19.2 Å². The van der Waals surface area contributed by atoms with E-state index in [9.17, 15) is 0 Å². The van der Waals surface area contributed by atoms with Crippen molar-refractivity contribution in [3.8, 4) is 11.5 Å². The Kier molecular flexibility index (Phi) is 4.27. The number of ether oxygens (including phenoxy) is 2. The molecule has 1 N–H and O–H groups in total. The van der Waals surface area contributed by atoms with Gasteiger partial charge in [0, 0.05) is 18.0 Å². The maximum Gasteiger partial charge on any atom is 0.162 e. The van der Waals surface area contributed by atoms with E-state index >= 15 is 0 Å². The summed E-state index contributed by atoms with van der Waals surface area (Å²) in [4.78, 5) is 4.34. The number of hydrogen-bond acceptors (Lipinski definition) is 4. The summed E-state index contributed by atoms with van der Waals surface area (Å²) in [6.45, 7) is 2.00. The average Bonchev–Trinajstić information content (AvgIpc) is 2.41. The molecule has 0 amide bonds. The number of benzene rings is 1. The zero-order valence-corrected chi connectivity index (χ0v) is 12.6. The summed E-state index contributed by atoms with van der Waals surface area (Å²) in [6, 6.07) is 7.64. The number of anilines is 2. The summed E-state index contributed by atoms with van der Waals surface area (Å²) in [5.74, 6) is 2.14. The van der Waals surface area contributed by atoms with Gasteiger partial charge < -0.3 is 14.8 Å². The SMILES string of the molecule is COc1ccc(Nc2ncc(C)cc2Br)cc1OC. The van der Waals surface area contributed by atoms with Crippen LogP contribution in [0, 0.1) is 6.92 Å². The molecular formula is C14H15BrN2O2. The fourth-order valence-corrected chi connectivity index (χ4v) is 2.24. The largest absolute Gasteiger partial charge is 0.493 e. The molecule has 100 valence electrons. The first-order valence-corrected chi connectivity index (χ1v) is 6.54. The van der Waals surface area contributed by atoms with Crippen molar-refractivity contribution < 1.29 is 9.47 Å². The van der Waals surface area contributed by atoms with E-state index in [-0.39, 0.29) is 0 Å². The van der Waals surface area contributed by atoms with Crippen LogP contribution in [-0.2, 0) is 0 Å². The lowest BCUT2D eigenvalue weighted by Crippen LogP contribution is -1.97. The summed E-state index contributed by atoms with van der Waals surface area (Å²) >= 11 is 3.49. The molecule has 0 aliphatic rings. The van der Waals surface area contributed by atoms with Gasteiger partial charge in [-0.3, -0.25) is 0 Å². The van der Waals surface area contributed by atoms with E-state index in [2.05, 4.69) is 26.2 Å². The highest BCUT2D eigenvalue weighted by atomic mass is 79.9. The van der Waals surface area contributed by atoms with Crippen molar-refractivity contribution in [3.63, 3.8) is 0 Å². The van der Waals surface area contributed by atoms with Gasteiger partial charge in [0.2, 0.25) is 0 Å². The number of nitrogens with one attached hydrogen (secondary N) is 1. The van der Waals surface area contributed by atoms with Gasteiger partial charge in [0.25, 0.3) is 0 Å². The van der Waals surface area contributed by atoms with Gasteiger partial charge in [-0.1, -0.05) is 0 Å². The lowest BCUT2D eigenvalue weighted by molar-refractivity contribution is 0.355. The molecule has 0 fully saturated rings. The second kappa shape index (κ2) is 5.93. The van der Waals surface area contributed by atoms with Gasteiger partial charge in [-0.2, -0.15) is 0 Å². The van der Waals surface area contributed by atoms with Crippen LogP contribution in [0.1, 0.15) is 5.56 Å². The highest BCUT2D eigenvalue weighted by Crippen LogP contribution is 2.32. The van der Waals surface area contributed by atoms with Crippen LogP contribution in [0.15, 0.2) is 34.9 Å². The molecule has 0 bridgehead atoms. The summed E-state index contributed by atoms with van der Waals surface area (Å²) in [5.41, 5.74) is 1.99. The molecule has 19 heavy (non-hydrogen) atoms. The standard InChI is InChI=1S/C14H15BrN2O2/c1-9-6-11(15)14(16-8-9)17-10-4-5-12(18-2)13(7-10)19-3/h4-8H,1-3H3,(H,16,17). The number of halogens is 1. The Bertz CT molecular complexity index is 588. The topological polar surface area (TPSA) is 43.4 Å². The summed E-state index contributed by atoms with van der Waals surface area (Å²) in [6.07, 6.45) is 1.81. The zero-order valence-electron chi connectivity index (χ0n) is 11.0. The van der Waals surface area contributed by atoms with Crippen LogP contribution in [0.25, 0.3) is 0 Å². The monoisotopic (exact) mass is 322 g/mol. The summed E-state index contributed by atoms with van der Waals surface area (Å²) < 4.78 is 11.4. The Labute approximate surface area is 120 Å². The molecule has 2 aromatic rings. The van der Waals surface area contributed by atoms with Crippen LogP contribution >= 0.6 is 15.9 Å². The van der Waals surface area contributed by atoms with Crippen molar-refractivity contribution >= 4 is 27.4 Å². The Morgan fingerprint density at radius 2 is 1.84 bits per heavy atom. The normalized spacial score (nSPS) is 10.1. The van der Waals surface area contributed by atoms with E-state index in [0.717, 1.165) is 21.5 Å². The van der Waals surface area contributed by atoms with Crippen LogP contribution in [0.4, 0.5) is 11.5 Å². The van der Waals surface area contributed by atoms with Gasteiger partial charge in [0.15, 0.2) is 11.5 Å². The van der Waals surface area contributed by atoms with Crippen LogP contribution in [0.5, 0.6) is 11.5 Å². The number of rotatable bonds is 4. The molecule has 1 heterocycles. The average molecular weight is 323 g/mol. The van der Waals surface area contributed by atoms with Gasteiger partial charge in [-0.05, 0) is 46.6 Å². The van der Waals surface area contributed by atoms with E-state index in [1.165, 1.54) is 0 Å². The second-order valence-corrected chi connectivity index (χ2v) is 4.89. The van der Waals surface area contributed by atoms with Crippen LogP contribution < -0.4 is 14.8 Å². The molecule has 0 aliphatic heterocycles. The molecule has 0 unspecified atom stereocenters. The fraction of sp³-hybridized carbons (Fsp3) is 0.214. The summed E-state index contributed by atoms with van der Waals surface area (Å²) in [5, 5.41) is 3.23. The van der Waals surface area contributed by atoms with Gasteiger partial charge >= 0.3 is 0 Å². The molecule has 1 aromatic carbocycles. The second-order valence-electron chi connectivity index (χ2n) is 4.04. The number of methoxy groups -OCH3 is 2. The third-order valence-electron chi connectivity index (χ3n) is 2.62. The maximum atomic E-state index is 5.27. The molecule has 0 spiro atoms. The minimum absolute atomic E-state index is 0.677. The number of pyridine rings is 1. The first-order chi connectivity index (χ1) is 9.13. The number of aromatic nitrogens is 1. The third kappa shape index (κ3) is 3.17. The molecule has 0 atom stereocenters. The quantitative estimate of drug-likeness (QED) is 0.926. The molecule has 0 saturated carbocycles. The Balaban J connectivity index is 2.28. The third-order valence-corrected chi connectivity index (χ3v) is 3.23. The van der Waals surface area contributed by atoms with E-state index in [4.69, 9.17) is 9.47 Å². The molecule has 2 rings (SSSR count). The Morgan fingerprint density at radius 3 is 2.47 bits per heavy atom. The first kappa shape index (κ1) is 13.7. The fourth-order valence-electron chi connectivity index (χ4n) is 1.68. The van der Waals surface area contributed by atoms with Crippen LogP contribution in [0.2, 0.25) is 0 Å². The predicted molar refractivity (Wildman–Crippen MR) is 79.5 cm³/mol. The number of nitrogens with zero attached hydrogens (tertiary/aromatic N) is 1. The minimum Gasteiger partial charge on any atom is -0.493 e. The Morgan fingerprint density at radius 1 is 1.11 bits per heavy atom. The Hall–Kier alpha value is -1.75. The van der Waals surface area contributed by atoms with Gasteiger partial charge in [0.05, 0.1) is 18.7 Å².